The highest BCUT2D eigenvalue weighted by Gasteiger charge is 2.21. The van der Waals surface area contributed by atoms with E-state index in [0.717, 1.165) is 5.56 Å². The summed E-state index contributed by atoms with van der Waals surface area (Å²) in [7, 11) is -3.93. The predicted molar refractivity (Wildman–Crippen MR) is 80.3 cm³/mol. The standard InChI is InChI=1S/C12H12BrFN2O2S2/c13-10-3-9(5-15)12(14)11(4-10)20(17,18)16-6-8-1-2-19-7-8/h1-4,7,16H,5-6,15H2. The summed E-state index contributed by atoms with van der Waals surface area (Å²) < 4.78 is 41.3. The summed E-state index contributed by atoms with van der Waals surface area (Å²) >= 11 is 4.62. The van der Waals surface area contributed by atoms with E-state index < -0.39 is 20.7 Å². The van der Waals surface area contributed by atoms with Crippen LogP contribution in [0.5, 0.6) is 0 Å². The summed E-state index contributed by atoms with van der Waals surface area (Å²) in [5.41, 5.74) is 6.38. The van der Waals surface area contributed by atoms with E-state index in [1.807, 2.05) is 10.8 Å². The van der Waals surface area contributed by atoms with E-state index in [2.05, 4.69) is 20.7 Å². The molecular formula is C12H12BrFN2O2S2. The zero-order chi connectivity index (χ0) is 14.8. The van der Waals surface area contributed by atoms with Gasteiger partial charge < -0.3 is 5.73 Å². The third kappa shape index (κ3) is 3.44. The summed E-state index contributed by atoms with van der Waals surface area (Å²) in [4.78, 5) is -0.400. The van der Waals surface area contributed by atoms with Crippen molar-refractivity contribution in [1.29, 1.82) is 0 Å². The van der Waals surface area contributed by atoms with Crippen LogP contribution >= 0.6 is 27.3 Å². The molecule has 0 fully saturated rings. The normalized spacial score (nSPS) is 11.8. The van der Waals surface area contributed by atoms with Gasteiger partial charge in [-0.15, -0.1) is 0 Å². The van der Waals surface area contributed by atoms with Gasteiger partial charge in [0.25, 0.3) is 0 Å². The molecule has 0 saturated heterocycles. The lowest BCUT2D eigenvalue weighted by atomic mass is 10.2. The maximum atomic E-state index is 14.1. The average Bonchev–Trinajstić information content (AvgIpc) is 2.92. The quantitative estimate of drug-likeness (QED) is 0.839. The Kier molecular flexibility index (Phi) is 4.92. The largest absolute Gasteiger partial charge is 0.326 e. The molecule has 0 aliphatic heterocycles. The number of hydrogen-bond donors (Lipinski definition) is 2. The molecule has 2 rings (SSSR count). The lowest BCUT2D eigenvalue weighted by molar-refractivity contribution is 0.549. The molecule has 0 aliphatic rings. The van der Waals surface area contributed by atoms with Crippen molar-refractivity contribution in [3.05, 3.63) is 50.4 Å². The molecule has 0 unspecified atom stereocenters. The number of halogens is 2. The van der Waals surface area contributed by atoms with Crippen LogP contribution in [-0.2, 0) is 23.1 Å². The van der Waals surface area contributed by atoms with E-state index in [9.17, 15) is 12.8 Å². The Morgan fingerprint density at radius 2 is 2.15 bits per heavy atom. The molecule has 0 aliphatic carbocycles. The molecule has 0 spiro atoms. The summed E-state index contributed by atoms with van der Waals surface area (Å²) in [6.07, 6.45) is 0. The topological polar surface area (TPSA) is 72.2 Å². The molecule has 0 atom stereocenters. The molecule has 2 aromatic rings. The molecule has 3 N–H and O–H groups in total. The van der Waals surface area contributed by atoms with Crippen LogP contribution in [0.1, 0.15) is 11.1 Å². The average molecular weight is 379 g/mol. The highest BCUT2D eigenvalue weighted by molar-refractivity contribution is 9.10. The van der Waals surface area contributed by atoms with Crippen molar-refractivity contribution in [2.45, 2.75) is 18.0 Å². The lowest BCUT2D eigenvalue weighted by Crippen LogP contribution is -2.24. The third-order valence-electron chi connectivity index (χ3n) is 2.64. The molecule has 1 aromatic heterocycles. The maximum Gasteiger partial charge on any atom is 0.243 e. The van der Waals surface area contributed by atoms with E-state index >= 15 is 0 Å². The number of nitrogens with one attached hydrogen (secondary N) is 1. The smallest absolute Gasteiger partial charge is 0.243 e. The van der Waals surface area contributed by atoms with Crippen LogP contribution < -0.4 is 10.5 Å². The minimum atomic E-state index is -3.93. The molecule has 0 amide bonds. The fourth-order valence-corrected chi connectivity index (χ4v) is 4.10. The van der Waals surface area contributed by atoms with Gasteiger partial charge in [-0.2, -0.15) is 11.3 Å². The minimum Gasteiger partial charge on any atom is -0.326 e. The van der Waals surface area contributed by atoms with Gasteiger partial charge in [0.1, 0.15) is 10.7 Å². The Bertz CT molecular complexity index is 702. The lowest BCUT2D eigenvalue weighted by Gasteiger charge is -2.10. The first kappa shape index (κ1) is 15.6. The Labute approximate surface area is 129 Å². The first-order chi connectivity index (χ1) is 9.44. The first-order valence-electron chi connectivity index (χ1n) is 5.63. The van der Waals surface area contributed by atoms with Gasteiger partial charge in [-0.3, -0.25) is 0 Å². The molecule has 1 heterocycles. The monoisotopic (exact) mass is 378 g/mol. The summed E-state index contributed by atoms with van der Waals surface area (Å²) in [6, 6.07) is 4.49. The first-order valence-corrected chi connectivity index (χ1v) is 8.84. The molecule has 8 heteroatoms. The summed E-state index contributed by atoms with van der Waals surface area (Å²) in [5.74, 6) is -0.812. The van der Waals surface area contributed by atoms with Gasteiger partial charge in [-0.1, -0.05) is 15.9 Å². The van der Waals surface area contributed by atoms with Crippen LogP contribution in [0.3, 0.4) is 0 Å². The molecular weight excluding hydrogens is 367 g/mol. The fourth-order valence-electron chi connectivity index (χ4n) is 1.61. The van der Waals surface area contributed by atoms with Crippen molar-refractivity contribution in [1.82, 2.24) is 4.72 Å². The third-order valence-corrected chi connectivity index (χ3v) is 5.23. The zero-order valence-corrected chi connectivity index (χ0v) is 13.5. The highest BCUT2D eigenvalue weighted by atomic mass is 79.9. The Morgan fingerprint density at radius 3 is 2.75 bits per heavy atom. The zero-order valence-electron chi connectivity index (χ0n) is 10.3. The van der Waals surface area contributed by atoms with Crippen molar-refractivity contribution in [3.8, 4) is 0 Å². The van der Waals surface area contributed by atoms with Crippen LogP contribution in [-0.4, -0.2) is 8.42 Å². The van der Waals surface area contributed by atoms with Crippen molar-refractivity contribution in [2.24, 2.45) is 5.73 Å². The fraction of sp³-hybridized carbons (Fsp3) is 0.167. The molecule has 0 radical (unpaired) electrons. The number of thiophene rings is 1. The minimum absolute atomic E-state index is 0.0711. The summed E-state index contributed by atoms with van der Waals surface area (Å²) in [5, 5.41) is 3.67. The number of rotatable bonds is 5. The van der Waals surface area contributed by atoms with Gasteiger partial charge in [0.05, 0.1) is 0 Å². The highest BCUT2D eigenvalue weighted by Crippen LogP contribution is 2.24. The van der Waals surface area contributed by atoms with E-state index in [-0.39, 0.29) is 18.7 Å². The predicted octanol–water partition coefficient (Wildman–Crippen LogP) is 2.59. The van der Waals surface area contributed by atoms with Gasteiger partial charge >= 0.3 is 0 Å². The number of hydrogen-bond acceptors (Lipinski definition) is 4. The van der Waals surface area contributed by atoms with Gasteiger partial charge in [-0.05, 0) is 34.5 Å². The molecule has 1 aromatic carbocycles. The number of sulfonamides is 1. The molecule has 4 nitrogen and oxygen atoms in total. The molecule has 108 valence electrons. The van der Waals surface area contributed by atoms with E-state index in [1.54, 1.807) is 6.07 Å². The maximum absolute atomic E-state index is 14.1. The Balaban J connectivity index is 2.31. The number of benzene rings is 1. The van der Waals surface area contributed by atoms with Crippen molar-refractivity contribution in [2.75, 3.05) is 0 Å². The van der Waals surface area contributed by atoms with Crippen LogP contribution in [0.15, 0.2) is 38.3 Å². The van der Waals surface area contributed by atoms with Crippen molar-refractivity contribution >= 4 is 37.3 Å². The van der Waals surface area contributed by atoms with Crippen molar-refractivity contribution < 1.29 is 12.8 Å². The molecule has 20 heavy (non-hydrogen) atoms. The second kappa shape index (κ2) is 6.31. The van der Waals surface area contributed by atoms with Crippen LogP contribution in [0.4, 0.5) is 4.39 Å². The summed E-state index contributed by atoms with van der Waals surface area (Å²) in [6.45, 7) is 0.0497. The number of nitrogens with two attached hydrogens (primary N) is 1. The molecule has 0 saturated carbocycles. The van der Waals surface area contributed by atoms with E-state index in [4.69, 9.17) is 5.73 Å². The van der Waals surface area contributed by atoms with E-state index in [0.29, 0.717) is 4.47 Å². The van der Waals surface area contributed by atoms with Gasteiger partial charge in [0, 0.05) is 23.1 Å². The molecule has 0 bridgehead atoms. The van der Waals surface area contributed by atoms with Crippen LogP contribution in [0.2, 0.25) is 0 Å². The Hall–Kier alpha value is -0.800. The second-order valence-corrected chi connectivity index (χ2v) is 7.47. The van der Waals surface area contributed by atoms with Gasteiger partial charge in [0.2, 0.25) is 10.0 Å². The van der Waals surface area contributed by atoms with E-state index in [1.165, 1.54) is 23.5 Å². The van der Waals surface area contributed by atoms with Crippen LogP contribution in [0.25, 0.3) is 0 Å². The second-order valence-electron chi connectivity index (χ2n) is 4.04. The van der Waals surface area contributed by atoms with Gasteiger partial charge in [-0.25, -0.2) is 17.5 Å². The van der Waals surface area contributed by atoms with Gasteiger partial charge in [0.15, 0.2) is 0 Å². The van der Waals surface area contributed by atoms with Crippen molar-refractivity contribution in [3.63, 3.8) is 0 Å². The SMILES string of the molecule is NCc1cc(Br)cc(S(=O)(=O)NCc2ccsc2)c1F. The van der Waals surface area contributed by atoms with Crippen LogP contribution in [0, 0.1) is 5.82 Å². The Morgan fingerprint density at radius 1 is 1.40 bits per heavy atom.